The first-order valence-electron chi connectivity index (χ1n) is 9.57. The standard InChI is InChI=1S/C22H23N3O7S.Na/c1-14(20(26)32-21(27)16-8-5-9-17(23)13-16)19(25-22(24)28)11-10-18(33(29,30)31)12-15-6-3-2-4-7-15;/h2-9,12-13H,10-11,23H2,1H3,(H3,24,25,28)(H,29,30,31);/q;+1/p-1. The fraction of sp³-hybridized carbons (Fsp3) is 0.136. The molecule has 0 fully saturated rings. The number of urea groups is 1. The van der Waals surface area contributed by atoms with Gasteiger partial charge >= 0.3 is 47.5 Å². The van der Waals surface area contributed by atoms with Crippen LogP contribution in [0.5, 0.6) is 0 Å². The van der Waals surface area contributed by atoms with Gasteiger partial charge in [-0.2, -0.15) is 0 Å². The van der Waals surface area contributed by atoms with Gasteiger partial charge in [-0.1, -0.05) is 36.4 Å². The fourth-order valence-corrected chi connectivity index (χ4v) is 3.39. The summed E-state index contributed by atoms with van der Waals surface area (Å²) in [4.78, 5) is 35.6. The van der Waals surface area contributed by atoms with Crippen molar-refractivity contribution in [3.05, 3.63) is 81.9 Å². The zero-order valence-corrected chi connectivity index (χ0v) is 21.4. The van der Waals surface area contributed by atoms with Crippen LogP contribution in [0, 0.1) is 0 Å². The molecule has 0 aromatic heterocycles. The first-order chi connectivity index (χ1) is 15.5. The van der Waals surface area contributed by atoms with Gasteiger partial charge in [-0.25, -0.2) is 22.8 Å². The smallest absolute Gasteiger partial charge is 0.744 e. The van der Waals surface area contributed by atoms with E-state index in [1.807, 2.05) is 0 Å². The zero-order chi connectivity index (χ0) is 24.6. The number of ether oxygens (including phenoxy) is 1. The van der Waals surface area contributed by atoms with Crippen molar-refractivity contribution >= 4 is 39.9 Å². The number of carbonyl (C=O) groups is 3. The molecular weight excluding hydrogens is 473 g/mol. The third-order valence-corrected chi connectivity index (χ3v) is 5.37. The van der Waals surface area contributed by atoms with Crippen LogP contribution in [-0.2, 0) is 19.6 Å². The normalized spacial score (nSPS) is 12.1. The summed E-state index contributed by atoms with van der Waals surface area (Å²) in [5.41, 5.74) is 11.2. The van der Waals surface area contributed by atoms with Gasteiger partial charge in [-0.05, 0) is 49.6 Å². The van der Waals surface area contributed by atoms with Crippen LogP contribution in [0.15, 0.2) is 70.8 Å². The third kappa shape index (κ3) is 9.12. The average Bonchev–Trinajstić information content (AvgIpc) is 2.74. The first-order valence-corrected chi connectivity index (χ1v) is 11.0. The van der Waals surface area contributed by atoms with E-state index in [0.717, 1.165) is 0 Å². The maximum Gasteiger partial charge on any atom is 1.00 e. The van der Waals surface area contributed by atoms with Crippen molar-refractivity contribution < 1.29 is 61.6 Å². The largest absolute Gasteiger partial charge is 1.00 e. The first kappa shape index (κ1) is 29.1. The van der Waals surface area contributed by atoms with Crippen LogP contribution >= 0.6 is 0 Å². The Morgan fingerprint density at radius 2 is 1.71 bits per heavy atom. The number of nitrogen functional groups attached to an aromatic ring is 1. The molecule has 0 aliphatic rings. The Bertz CT molecular complexity index is 1230. The summed E-state index contributed by atoms with van der Waals surface area (Å²) in [6.45, 7) is 1.26. The number of rotatable bonds is 8. The molecule has 174 valence electrons. The molecule has 0 atom stereocenters. The molecule has 10 nitrogen and oxygen atoms in total. The summed E-state index contributed by atoms with van der Waals surface area (Å²) in [5.74, 6) is -2.07. The summed E-state index contributed by atoms with van der Waals surface area (Å²) in [5, 5.41) is 2.22. The van der Waals surface area contributed by atoms with E-state index < -0.39 is 33.0 Å². The molecule has 5 N–H and O–H groups in total. The Morgan fingerprint density at radius 1 is 1.06 bits per heavy atom. The topological polar surface area (TPSA) is 182 Å². The Labute approximate surface area is 219 Å². The summed E-state index contributed by atoms with van der Waals surface area (Å²) < 4.78 is 39.9. The van der Waals surface area contributed by atoms with Gasteiger partial charge in [0.25, 0.3) is 0 Å². The van der Waals surface area contributed by atoms with Crippen molar-refractivity contribution in [2.24, 2.45) is 5.73 Å². The molecule has 0 unspecified atom stereocenters. The van der Waals surface area contributed by atoms with Gasteiger partial charge < -0.3 is 26.1 Å². The number of nitrogens with one attached hydrogen (secondary N) is 1. The number of benzene rings is 2. The van der Waals surface area contributed by atoms with Crippen molar-refractivity contribution in [2.45, 2.75) is 19.8 Å². The van der Waals surface area contributed by atoms with E-state index in [-0.39, 0.29) is 64.9 Å². The molecule has 2 aromatic rings. The molecule has 34 heavy (non-hydrogen) atoms. The number of hydrogen-bond donors (Lipinski definition) is 3. The van der Waals surface area contributed by atoms with E-state index in [1.54, 1.807) is 36.4 Å². The second-order valence-corrected chi connectivity index (χ2v) is 8.30. The quantitative estimate of drug-likeness (QED) is 0.107. The van der Waals surface area contributed by atoms with Crippen LogP contribution in [0.2, 0.25) is 0 Å². The zero-order valence-electron chi connectivity index (χ0n) is 18.6. The number of amides is 2. The van der Waals surface area contributed by atoms with Crippen LogP contribution in [0.1, 0.15) is 35.7 Å². The SMILES string of the molecule is CC(C(=O)OC(=O)c1cccc(N)c1)=C(CCC(=Cc1ccccc1)S(=O)(=O)[O-])NC(N)=O.[Na+]. The minimum Gasteiger partial charge on any atom is -0.744 e. The van der Waals surface area contributed by atoms with Crippen molar-refractivity contribution in [1.82, 2.24) is 5.32 Å². The molecule has 12 heteroatoms. The van der Waals surface area contributed by atoms with Crippen molar-refractivity contribution in [1.29, 1.82) is 0 Å². The van der Waals surface area contributed by atoms with E-state index in [1.165, 1.54) is 31.2 Å². The van der Waals surface area contributed by atoms with Crippen LogP contribution in [-0.4, -0.2) is 30.9 Å². The van der Waals surface area contributed by atoms with Gasteiger partial charge in [-0.15, -0.1) is 0 Å². The number of carbonyl (C=O) groups excluding carboxylic acids is 3. The van der Waals surface area contributed by atoms with Gasteiger partial charge in [0.2, 0.25) is 0 Å². The van der Waals surface area contributed by atoms with Crippen LogP contribution in [0.3, 0.4) is 0 Å². The molecule has 0 aliphatic heterocycles. The number of esters is 2. The van der Waals surface area contributed by atoms with E-state index >= 15 is 0 Å². The summed E-state index contributed by atoms with van der Waals surface area (Å²) in [6, 6.07) is 13.0. The van der Waals surface area contributed by atoms with E-state index in [0.29, 0.717) is 5.56 Å². The van der Waals surface area contributed by atoms with Crippen LogP contribution in [0.4, 0.5) is 10.5 Å². The second-order valence-electron chi connectivity index (χ2n) is 6.87. The molecule has 0 saturated carbocycles. The Hall–Kier alpha value is -2.96. The third-order valence-electron chi connectivity index (χ3n) is 4.41. The Morgan fingerprint density at radius 3 is 2.26 bits per heavy atom. The molecule has 0 bridgehead atoms. The molecular formula is C22H22N3NaO7S. The van der Waals surface area contributed by atoms with Gasteiger partial charge in [0.15, 0.2) is 0 Å². The molecule has 0 aliphatic carbocycles. The fourth-order valence-electron chi connectivity index (χ4n) is 2.75. The van der Waals surface area contributed by atoms with Gasteiger partial charge in [0, 0.05) is 16.3 Å². The second kappa shape index (κ2) is 13.1. The van der Waals surface area contributed by atoms with Crippen LogP contribution < -0.4 is 46.3 Å². The predicted octanol–water partition coefficient (Wildman–Crippen LogP) is -0.735. The Kier molecular flexibility index (Phi) is 11.2. The van der Waals surface area contributed by atoms with Gasteiger partial charge in [0.05, 0.1) is 11.1 Å². The van der Waals surface area contributed by atoms with Crippen molar-refractivity contribution in [3.63, 3.8) is 0 Å². The van der Waals surface area contributed by atoms with Gasteiger partial charge in [-0.3, -0.25) is 0 Å². The molecule has 0 radical (unpaired) electrons. The molecule has 2 aromatic carbocycles. The molecule has 0 saturated heterocycles. The maximum atomic E-state index is 12.4. The number of nitrogens with two attached hydrogens (primary N) is 2. The predicted molar refractivity (Wildman–Crippen MR) is 120 cm³/mol. The average molecular weight is 495 g/mol. The summed E-state index contributed by atoms with van der Waals surface area (Å²) in [7, 11) is -4.83. The molecule has 0 heterocycles. The summed E-state index contributed by atoms with van der Waals surface area (Å²) >= 11 is 0. The minimum atomic E-state index is -4.83. The molecule has 2 rings (SSSR count). The number of anilines is 1. The summed E-state index contributed by atoms with van der Waals surface area (Å²) in [6.07, 6.45) is 0.599. The Balaban J connectivity index is 0.00000578. The maximum absolute atomic E-state index is 12.4. The van der Waals surface area contributed by atoms with Crippen molar-refractivity contribution in [2.75, 3.05) is 5.73 Å². The van der Waals surface area contributed by atoms with E-state index in [9.17, 15) is 27.4 Å². The molecule has 0 spiro atoms. The number of primary amides is 1. The van der Waals surface area contributed by atoms with Crippen LogP contribution in [0.25, 0.3) is 6.08 Å². The monoisotopic (exact) mass is 495 g/mol. The van der Waals surface area contributed by atoms with E-state index in [2.05, 4.69) is 5.32 Å². The molecule has 2 amide bonds. The van der Waals surface area contributed by atoms with Crippen molar-refractivity contribution in [3.8, 4) is 0 Å². The van der Waals surface area contributed by atoms with E-state index in [4.69, 9.17) is 16.2 Å². The number of allylic oxidation sites excluding steroid dienone is 2. The number of hydrogen-bond acceptors (Lipinski definition) is 8. The van der Waals surface area contributed by atoms with Gasteiger partial charge in [0.1, 0.15) is 10.1 Å². The minimum absolute atomic E-state index is 0.